The number of hydrogen-bond acceptors (Lipinski definition) is 3. The van der Waals surface area contributed by atoms with E-state index < -0.39 is 0 Å². The fraction of sp³-hybridized carbons (Fsp3) is 1.00. The summed E-state index contributed by atoms with van der Waals surface area (Å²) in [5.74, 6) is 0. The second-order valence-electron chi connectivity index (χ2n) is 4.08. The van der Waals surface area contributed by atoms with Crippen molar-refractivity contribution in [3.8, 4) is 0 Å². The van der Waals surface area contributed by atoms with Crippen LogP contribution in [0, 0.1) is 5.41 Å². The quantitative estimate of drug-likeness (QED) is 0.665. The minimum Gasteiger partial charge on any atom is -0.396 e. The van der Waals surface area contributed by atoms with Gasteiger partial charge in [-0.3, -0.25) is 0 Å². The summed E-state index contributed by atoms with van der Waals surface area (Å²) in [7, 11) is 0. The van der Waals surface area contributed by atoms with Crippen LogP contribution in [-0.4, -0.2) is 37.6 Å². The Morgan fingerprint density at radius 2 is 2.36 bits per heavy atom. The van der Waals surface area contributed by atoms with E-state index in [2.05, 4.69) is 6.92 Å². The van der Waals surface area contributed by atoms with Crippen LogP contribution in [0.1, 0.15) is 33.1 Å². The van der Waals surface area contributed by atoms with E-state index in [1.54, 1.807) is 0 Å². The van der Waals surface area contributed by atoms with Crippen LogP contribution in [0.15, 0.2) is 0 Å². The molecular weight excluding hydrogens is 180 g/mol. The van der Waals surface area contributed by atoms with Gasteiger partial charge in [0.1, 0.15) is 0 Å². The summed E-state index contributed by atoms with van der Waals surface area (Å²) < 4.78 is 10.8. The van der Waals surface area contributed by atoms with E-state index in [-0.39, 0.29) is 18.1 Å². The molecule has 2 unspecified atom stereocenters. The van der Waals surface area contributed by atoms with Gasteiger partial charge in [0.25, 0.3) is 0 Å². The average molecular weight is 202 g/mol. The molecule has 1 aliphatic heterocycles. The summed E-state index contributed by atoms with van der Waals surface area (Å²) in [5.41, 5.74) is -0.00288. The van der Waals surface area contributed by atoms with Crippen LogP contribution in [0.4, 0.5) is 0 Å². The third-order valence-corrected chi connectivity index (χ3v) is 3.31. The van der Waals surface area contributed by atoms with Crippen LogP contribution in [0.25, 0.3) is 0 Å². The summed E-state index contributed by atoms with van der Waals surface area (Å²) in [4.78, 5) is 0. The molecule has 1 fully saturated rings. The van der Waals surface area contributed by atoms with Crippen LogP contribution in [0.5, 0.6) is 0 Å². The Morgan fingerprint density at radius 3 is 2.86 bits per heavy atom. The highest BCUT2D eigenvalue weighted by Crippen LogP contribution is 2.38. The summed E-state index contributed by atoms with van der Waals surface area (Å²) in [6.07, 6.45) is 3.19. The SMILES string of the molecule is CCOCCCC1(CO)CCOC1C. The summed E-state index contributed by atoms with van der Waals surface area (Å²) in [5, 5.41) is 9.42. The zero-order chi connectivity index (χ0) is 10.4. The van der Waals surface area contributed by atoms with E-state index in [4.69, 9.17) is 9.47 Å². The third kappa shape index (κ3) is 2.69. The van der Waals surface area contributed by atoms with E-state index in [0.717, 1.165) is 39.1 Å². The molecule has 3 heteroatoms. The van der Waals surface area contributed by atoms with Crippen molar-refractivity contribution in [3.63, 3.8) is 0 Å². The predicted molar refractivity (Wildman–Crippen MR) is 55.3 cm³/mol. The standard InChI is InChI=1S/C11H22O3/c1-3-13-7-4-5-11(9-12)6-8-14-10(11)2/h10,12H,3-9H2,1-2H3. The summed E-state index contributed by atoms with van der Waals surface area (Å²) in [6.45, 7) is 6.66. The minimum absolute atomic E-state index is 0.00288. The molecule has 2 atom stereocenters. The molecule has 1 aliphatic rings. The zero-order valence-corrected chi connectivity index (χ0v) is 9.29. The van der Waals surface area contributed by atoms with E-state index >= 15 is 0 Å². The molecule has 0 aromatic heterocycles. The van der Waals surface area contributed by atoms with Crippen molar-refractivity contribution in [2.45, 2.75) is 39.2 Å². The molecule has 0 saturated carbocycles. The van der Waals surface area contributed by atoms with Crippen molar-refractivity contribution in [1.29, 1.82) is 0 Å². The topological polar surface area (TPSA) is 38.7 Å². The van der Waals surface area contributed by atoms with Crippen LogP contribution in [0.2, 0.25) is 0 Å². The van der Waals surface area contributed by atoms with Gasteiger partial charge < -0.3 is 14.6 Å². The van der Waals surface area contributed by atoms with Crippen molar-refractivity contribution in [1.82, 2.24) is 0 Å². The van der Waals surface area contributed by atoms with Crippen molar-refractivity contribution in [3.05, 3.63) is 0 Å². The van der Waals surface area contributed by atoms with E-state index in [9.17, 15) is 5.11 Å². The molecule has 0 aromatic carbocycles. The lowest BCUT2D eigenvalue weighted by Crippen LogP contribution is -2.33. The smallest absolute Gasteiger partial charge is 0.0625 e. The maximum absolute atomic E-state index is 9.42. The van der Waals surface area contributed by atoms with Gasteiger partial charge in [-0.15, -0.1) is 0 Å². The molecule has 0 radical (unpaired) electrons. The molecule has 1 heterocycles. The second-order valence-corrected chi connectivity index (χ2v) is 4.08. The van der Waals surface area contributed by atoms with Gasteiger partial charge in [0.15, 0.2) is 0 Å². The Balaban J connectivity index is 2.30. The normalized spacial score (nSPS) is 32.4. The molecule has 0 bridgehead atoms. The summed E-state index contributed by atoms with van der Waals surface area (Å²) in [6, 6.07) is 0. The zero-order valence-electron chi connectivity index (χ0n) is 9.29. The Labute approximate surface area is 86.4 Å². The molecule has 1 saturated heterocycles. The average Bonchev–Trinajstić information content (AvgIpc) is 2.56. The highest BCUT2D eigenvalue weighted by molar-refractivity contribution is 4.88. The van der Waals surface area contributed by atoms with E-state index in [0.29, 0.717) is 0 Å². The molecule has 0 amide bonds. The maximum atomic E-state index is 9.42. The molecular formula is C11H22O3. The van der Waals surface area contributed by atoms with E-state index in [1.807, 2.05) is 6.92 Å². The van der Waals surface area contributed by atoms with Crippen molar-refractivity contribution >= 4 is 0 Å². The van der Waals surface area contributed by atoms with Gasteiger partial charge >= 0.3 is 0 Å². The highest BCUT2D eigenvalue weighted by Gasteiger charge is 2.40. The first-order valence-electron chi connectivity index (χ1n) is 5.55. The van der Waals surface area contributed by atoms with Gasteiger partial charge in [-0.05, 0) is 33.1 Å². The second kappa shape index (κ2) is 5.69. The first-order valence-corrected chi connectivity index (χ1v) is 5.55. The molecule has 14 heavy (non-hydrogen) atoms. The van der Waals surface area contributed by atoms with Crippen LogP contribution >= 0.6 is 0 Å². The molecule has 0 aromatic rings. The van der Waals surface area contributed by atoms with Crippen molar-refractivity contribution < 1.29 is 14.6 Å². The first kappa shape index (κ1) is 12.0. The molecule has 84 valence electrons. The lowest BCUT2D eigenvalue weighted by Gasteiger charge is -2.29. The molecule has 3 nitrogen and oxygen atoms in total. The monoisotopic (exact) mass is 202 g/mol. The predicted octanol–water partition coefficient (Wildman–Crippen LogP) is 1.59. The van der Waals surface area contributed by atoms with Gasteiger partial charge in [0.05, 0.1) is 12.7 Å². The summed E-state index contributed by atoms with van der Waals surface area (Å²) >= 11 is 0. The molecule has 1 N–H and O–H groups in total. The highest BCUT2D eigenvalue weighted by atomic mass is 16.5. The first-order chi connectivity index (χ1) is 6.75. The Hall–Kier alpha value is -0.120. The fourth-order valence-corrected chi connectivity index (χ4v) is 2.10. The van der Waals surface area contributed by atoms with Crippen LogP contribution in [0.3, 0.4) is 0 Å². The lowest BCUT2D eigenvalue weighted by atomic mass is 9.78. The van der Waals surface area contributed by atoms with Gasteiger partial charge in [-0.2, -0.15) is 0 Å². The van der Waals surface area contributed by atoms with Crippen LogP contribution < -0.4 is 0 Å². The minimum atomic E-state index is -0.00288. The van der Waals surface area contributed by atoms with Crippen LogP contribution in [-0.2, 0) is 9.47 Å². The van der Waals surface area contributed by atoms with Gasteiger partial charge in [0, 0.05) is 25.2 Å². The van der Waals surface area contributed by atoms with Gasteiger partial charge in [-0.25, -0.2) is 0 Å². The Bertz CT molecular complexity index is 161. The largest absolute Gasteiger partial charge is 0.396 e. The molecule has 1 rings (SSSR count). The fourth-order valence-electron chi connectivity index (χ4n) is 2.10. The Kier molecular flexibility index (Phi) is 4.85. The maximum Gasteiger partial charge on any atom is 0.0625 e. The van der Waals surface area contributed by atoms with E-state index in [1.165, 1.54) is 0 Å². The number of aliphatic hydroxyl groups is 1. The number of aliphatic hydroxyl groups excluding tert-OH is 1. The van der Waals surface area contributed by atoms with Crippen molar-refractivity contribution in [2.24, 2.45) is 5.41 Å². The molecule has 0 spiro atoms. The lowest BCUT2D eigenvalue weighted by molar-refractivity contribution is 0.0150. The molecule has 0 aliphatic carbocycles. The Morgan fingerprint density at radius 1 is 1.57 bits per heavy atom. The van der Waals surface area contributed by atoms with Crippen molar-refractivity contribution in [2.75, 3.05) is 26.4 Å². The van der Waals surface area contributed by atoms with Gasteiger partial charge in [-0.1, -0.05) is 0 Å². The van der Waals surface area contributed by atoms with Gasteiger partial charge in [0.2, 0.25) is 0 Å². The number of rotatable bonds is 6. The number of hydrogen-bond donors (Lipinski definition) is 1. The third-order valence-electron chi connectivity index (χ3n) is 3.31. The number of ether oxygens (including phenoxy) is 2.